The van der Waals surface area contributed by atoms with E-state index < -0.39 is 10.0 Å². The molecule has 1 aromatic carbocycles. The molecule has 1 aromatic rings. The smallest absolute Gasteiger partial charge is 0.214 e. The Labute approximate surface area is 121 Å². The fourth-order valence-corrected chi connectivity index (χ4v) is 4.79. The predicted molar refractivity (Wildman–Crippen MR) is 76.8 cm³/mol. The molecule has 1 saturated heterocycles. The highest BCUT2D eigenvalue weighted by Gasteiger charge is 2.28. The van der Waals surface area contributed by atoms with Gasteiger partial charge in [-0.15, -0.1) is 0 Å². The minimum atomic E-state index is -3.09. The van der Waals surface area contributed by atoms with Crippen molar-refractivity contribution < 1.29 is 13.2 Å². The lowest BCUT2D eigenvalue weighted by molar-refractivity contribution is 0.339. The summed E-state index contributed by atoms with van der Waals surface area (Å²) in [6.45, 7) is 1.72. The first kappa shape index (κ1) is 13.4. The van der Waals surface area contributed by atoms with E-state index in [4.69, 9.17) is 4.74 Å². The van der Waals surface area contributed by atoms with Crippen molar-refractivity contribution >= 4 is 26.0 Å². The molecule has 0 aromatic heterocycles. The summed E-state index contributed by atoms with van der Waals surface area (Å²) in [7, 11) is -3.09. The normalized spacial score (nSPS) is 21.9. The second-order valence-electron chi connectivity index (χ2n) is 5.01. The van der Waals surface area contributed by atoms with E-state index in [0.29, 0.717) is 19.7 Å². The minimum absolute atomic E-state index is 0.268. The van der Waals surface area contributed by atoms with Gasteiger partial charge in [-0.05, 0) is 30.5 Å². The average Bonchev–Trinajstić information content (AvgIpc) is 2.79. The van der Waals surface area contributed by atoms with Crippen molar-refractivity contribution in [3.8, 4) is 5.75 Å². The number of hydrogen-bond acceptors (Lipinski definition) is 3. The topological polar surface area (TPSA) is 46.6 Å². The van der Waals surface area contributed by atoms with Crippen LogP contribution in [0.2, 0.25) is 0 Å². The van der Waals surface area contributed by atoms with Gasteiger partial charge >= 0.3 is 0 Å². The molecule has 0 N–H and O–H groups in total. The maximum absolute atomic E-state index is 12.0. The van der Waals surface area contributed by atoms with Gasteiger partial charge in [0.05, 0.1) is 12.4 Å². The lowest BCUT2D eigenvalue weighted by Gasteiger charge is -2.26. The number of nitrogens with zero attached hydrogens (tertiary/aromatic N) is 1. The fourth-order valence-electron chi connectivity index (χ4n) is 2.67. The SMILES string of the molecule is O=S1(=O)CCCCN1Cc1cc(Br)cc2c1OCC2. The Hall–Kier alpha value is -0.590. The number of sulfonamides is 1. The van der Waals surface area contributed by atoms with Crippen LogP contribution in [-0.4, -0.2) is 31.6 Å². The number of hydrogen-bond donors (Lipinski definition) is 0. The van der Waals surface area contributed by atoms with E-state index >= 15 is 0 Å². The molecule has 0 saturated carbocycles. The second kappa shape index (κ2) is 5.07. The Kier molecular flexibility index (Phi) is 3.57. The van der Waals surface area contributed by atoms with Gasteiger partial charge in [0.1, 0.15) is 5.75 Å². The van der Waals surface area contributed by atoms with E-state index in [-0.39, 0.29) is 5.75 Å². The maximum atomic E-state index is 12.0. The zero-order valence-electron chi connectivity index (χ0n) is 10.6. The Morgan fingerprint density at radius 1 is 1.32 bits per heavy atom. The molecule has 4 nitrogen and oxygen atoms in total. The molecule has 0 amide bonds. The standard InChI is InChI=1S/C13H16BrNO3S/c14-12-7-10-3-5-18-13(10)11(8-12)9-15-4-1-2-6-19(15,16)17/h7-8H,1-6,9H2. The van der Waals surface area contributed by atoms with Gasteiger partial charge in [-0.25, -0.2) is 8.42 Å². The predicted octanol–water partition coefficient (Wildman–Crippen LogP) is 2.31. The molecule has 0 unspecified atom stereocenters. The van der Waals surface area contributed by atoms with E-state index in [1.807, 2.05) is 6.07 Å². The Balaban J connectivity index is 1.91. The second-order valence-corrected chi connectivity index (χ2v) is 8.01. The van der Waals surface area contributed by atoms with Crippen molar-refractivity contribution in [3.63, 3.8) is 0 Å². The number of benzene rings is 1. The lowest BCUT2D eigenvalue weighted by atomic mass is 10.1. The molecular formula is C13H16BrNO3S. The molecule has 0 radical (unpaired) electrons. The van der Waals surface area contributed by atoms with Crippen LogP contribution in [0.1, 0.15) is 24.0 Å². The molecule has 0 aliphatic carbocycles. The number of rotatable bonds is 2. The van der Waals surface area contributed by atoms with Gasteiger partial charge in [-0.2, -0.15) is 4.31 Å². The fraction of sp³-hybridized carbons (Fsp3) is 0.538. The van der Waals surface area contributed by atoms with Crippen LogP contribution in [0.25, 0.3) is 0 Å². The largest absolute Gasteiger partial charge is 0.493 e. The van der Waals surface area contributed by atoms with Crippen molar-refractivity contribution in [2.24, 2.45) is 0 Å². The molecular weight excluding hydrogens is 330 g/mol. The van der Waals surface area contributed by atoms with Crippen LogP contribution in [0.15, 0.2) is 16.6 Å². The highest BCUT2D eigenvalue weighted by Crippen LogP contribution is 2.34. The highest BCUT2D eigenvalue weighted by atomic mass is 79.9. The van der Waals surface area contributed by atoms with E-state index in [0.717, 1.165) is 35.0 Å². The summed E-state index contributed by atoms with van der Waals surface area (Å²) in [5.74, 6) is 1.15. The molecule has 3 rings (SSSR count). The van der Waals surface area contributed by atoms with Crippen molar-refractivity contribution in [3.05, 3.63) is 27.7 Å². The molecule has 0 bridgehead atoms. The van der Waals surface area contributed by atoms with Gasteiger partial charge in [-0.1, -0.05) is 15.9 Å². The summed E-state index contributed by atoms with van der Waals surface area (Å²) < 4.78 is 32.3. The molecule has 2 aliphatic rings. The van der Waals surface area contributed by atoms with E-state index in [1.54, 1.807) is 4.31 Å². The van der Waals surface area contributed by atoms with Crippen molar-refractivity contribution in [1.82, 2.24) is 4.31 Å². The van der Waals surface area contributed by atoms with Crippen LogP contribution in [0.4, 0.5) is 0 Å². The summed E-state index contributed by atoms with van der Waals surface area (Å²) in [6, 6.07) is 4.02. The summed E-state index contributed by atoms with van der Waals surface area (Å²) in [6.07, 6.45) is 2.61. The molecule has 0 spiro atoms. The zero-order valence-corrected chi connectivity index (χ0v) is 13.0. The Bertz CT molecular complexity index is 600. The molecule has 1 fully saturated rings. The van der Waals surface area contributed by atoms with Gasteiger partial charge in [0, 0.05) is 29.5 Å². The quantitative estimate of drug-likeness (QED) is 0.826. The van der Waals surface area contributed by atoms with Crippen molar-refractivity contribution in [2.75, 3.05) is 18.9 Å². The first-order valence-electron chi connectivity index (χ1n) is 6.48. The van der Waals surface area contributed by atoms with Gasteiger partial charge in [0.15, 0.2) is 0 Å². The summed E-state index contributed by atoms with van der Waals surface area (Å²) in [5.41, 5.74) is 2.13. The van der Waals surface area contributed by atoms with E-state index in [2.05, 4.69) is 22.0 Å². The minimum Gasteiger partial charge on any atom is -0.493 e. The summed E-state index contributed by atoms with van der Waals surface area (Å²) in [4.78, 5) is 0. The van der Waals surface area contributed by atoms with Gasteiger partial charge < -0.3 is 4.74 Å². The van der Waals surface area contributed by atoms with Crippen LogP contribution < -0.4 is 4.74 Å². The molecule has 6 heteroatoms. The first-order valence-corrected chi connectivity index (χ1v) is 8.88. The zero-order chi connectivity index (χ0) is 13.5. The molecule has 104 valence electrons. The molecule has 0 atom stereocenters. The summed E-state index contributed by atoms with van der Waals surface area (Å²) in [5, 5.41) is 0. The highest BCUT2D eigenvalue weighted by molar-refractivity contribution is 9.10. The third-order valence-electron chi connectivity index (χ3n) is 3.63. The van der Waals surface area contributed by atoms with Gasteiger partial charge in [0.25, 0.3) is 0 Å². The van der Waals surface area contributed by atoms with Crippen LogP contribution in [-0.2, 0) is 23.0 Å². The Morgan fingerprint density at radius 2 is 2.16 bits per heavy atom. The molecule has 2 heterocycles. The van der Waals surface area contributed by atoms with Crippen LogP contribution >= 0.6 is 15.9 Å². The van der Waals surface area contributed by atoms with E-state index in [9.17, 15) is 8.42 Å². The first-order chi connectivity index (χ1) is 9.06. The average molecular weight is 346 g/mol. The van der Waals surface area contributed by atoms with E-state index in [1.165, 1.54) is 5.56 Å². The van der Waals surface area contributed by atoms with Gasteiger partial charge in [0.2, 0.25) is 10.0 Å². The molecule has 19 heavy (non-hydrogen) atoms. The third-order valence-corrected chi connectivity index (χ3v) is 5.99. The van der Waals surface area contributed by atoms with Crippen LogP contribution in [0.3, 0.4) is 0 Å². The van der Waals surface area contributed by atoms with Crippen molar-refractivity contribution in [2.45, 2.75) is 25.8 Å². The maximum Gasteiger partial charge on any atom is 0.214 e. The lowest BCUT2D eigenvalue weighted by Crippen LogP contribution is -2.37. The number of ether oxygens (including phenoxy) is 1. The summed E-state index contributed by atoms with van der Waals surface area (Å²) >= 11 is 3.49. The monoisotopic (exact) mass is 345 g/mol. The Morgan fingerprint density at radius 3 is 2.95 bits per heavy atom. The number of halogens is 1. The van der Waals surface area contributed by atoms with Gasteiger partial charge in [-0.3, -0.25) is 0 Å². The van der Waals surface area contributed by atoms with Crippen LogP contribution in [0.5, 0.6) is 5.75 Å². The number of fused-ring (bicyclic) bond motifs is 1. The molecule has 2 aliphatic heterocycles. The van der Waals surface area contributed by atoms with Crippen LogP contribution in [0, 0.1) is 0 Å². The van der Waals surface area contributed by atoms with Crippen molar-refractivity contribution in [1.29, 1.82) is 0 Å². The third kappa shape index (κ3) is 2.66.